The molecule has 0 fully saturated rings. The second-order valence-electron chi connectivity index (χ2n) is 10.8. The van der Waals surface area contributed by atoms with E-state index in [1.54, 1.807) is 16.7 Å². The Bertz CT molecular complexity index is 1210. The monoisotopic (exact) mass is 526 g/mol. The van der Waals surface area contributed by atoms with Crippen LogP contribution < -0.4 is 0 Å². The molecule has 0 amide bonds. The summed E-state index contributed by atoms with van der Waals surface area (Å²) in [4.78, 5) is 0. The van der Waals surface area contributed by atoms with Gasteiger partial charge in [-0.3, -0.25) is 0 Å². The number of hydrogen-bond acceptors (Lipinski definition) is 3. The van der Waals surface area contributed by atoms with Crippen LogP contribution in [0.5, 0.6) is 0 Å². The quantitative estimate of drug-likeness (QED) is 0.134. The molecule has 0 spiro atoms. The van der Waals surface area contributed by atoms with Crippen LogP contribution in [0.25, 0.3) is 21.3 Å². The Balaban J connectivity index is 0.000000311. The summed E-state index contributed by atoms with van der Waals surface area (Å²) < 4.78 is 4.94. The Morgan fingerprint density at radius 1 is 0.632 bits per heavy atom. The van der Waals surface area contributed by atoms with Gasteiger partial charge in [0.25, 0.3) is 0 Å². The van der Waals surface area contributed by atoms with Crippen molar-refractivity contribution >= 4 is 21.7 Å². The van der Waals surface area contributed by atoms with Crippen molar-refractivity contribution in [3.05, 3.63) is 82.9 Å². The van der Waals surface area contributed by atoms with E-state index in [1.807, 2.05) is 24.3 Å². The predicted molar refractivity (Wildman–Crippen MR) is 166 cm³/mol. The molecule has 0 atom stereocenters. The summed E-state index contributed by atoms with van der Waals surface area (Å²) in [6.07, 6.45) is 20.4. The van der Waals surface area contributed by atoms with Gasteiger partial charge in [0.05, 0.1) is 4.70 Å². The highest BCUT2D eigenvalue weighted by Gasteiger charge is 2.22. The maximum atomic E-state index is 3.89. The van der Waals surface area contributed by atoms with E-state index >= 15 is 0 Å². The number of aryl methyl sites for hydroxylation is 1. The van der Waals surface area contributed by atoms with Gasteiger partial charge in [-0.2, -0.15) is 0 Å². The van der Waals surface area contributed by atoms with Crippen LogP contribution in [-0.2, 0) is 19.3 Å². The molecule has 0 unspecified atom stereocenters. The normalized spacial score (nSPS) is 11.7. The Hall–Kier alpha value is -2.52. The molecule has 0 bridgehead atoms. The van der Waals surface area contributed by atoms with Crippen molar-refractivity contribution in [2.24, 2.45) is 0 Å². The van der Waals surface area contributed by atoms with Crippen molar-refractivity contribution in [3.8, 4) is 11.1 Å². The molecule has 3 heteroatoms. The molecule has 1 heterocycles. The van der Waals surface area contributed by atoms with Crippen LogP contribution in [0.2, 0.25) is 0 Å². The average Bonchev–Trinajstić information content (AvgIpc) is 3.58. The van der Waals surface area contributed by atoms with Crippen molar-refractivity contribution < 1.29 is 0 Å². The summed E-state index contributed by atoms with van der Waals surface area (Å²) in [5.41, 5.74) is 10.5. The minimum absolute atomic E-state index is 0.988. The van der Waals surface area contributed by atoms with E-state index in [4.69, 9.17) is 0 Å². The van der Waals surface area contributed by atoms with E-state index in [2.05, 4.69) is 59.8 Å². The number of fused-ring (bicyclic) bond motifs is 4. The van der Waals surface area contributed by atoms with Crippen molar-refractivity contribution in [1.29, 1.82) is 0 Å². The molecular formula is C35H46N2S. The second kappa shape index (κ2) is 15.8. The van der Waals surface area contributed by atoms with E-state index in [1.165, 1.54) is 118 Å². The highest BCUT2D eigenvalue weighted by Crippen LogP contribution is 2.40. The predicted octanol–water partition coefficient (Wildman–Crippen LogP) is 10.8. The number of hydrogen-bond donors (Lipinski definition) is 0. The zero-order valence-corrected chi connectivity index (χ0v) is 24.5. The fraction of sp³-hybridized carbons (Fsp3) is 0.486. The van der Waals surface area contributed by atoms with Crippen molar-refractivity contribution in [3.63, 3.8) is 0 Å². The summed E-state index contributed by atoms with van der Waals surface area (Å²) in [5.74, 6) is 0. The lowest BCUT2D eigenvalue weighted by molar-refractivity contribution is 0.598. The zero-order valence-electron chi connectivity index (χ0n) is 23.7. The molecule has 3 aromatic carbocycles. The summed E-state index contributed by atoms with van der Waals surface area (Å²) in [7, 11) is 0. The molecular weight excluding hydrogens is 480 g/mol. The van der Waals surface area contributed by atoms with E-state index in [0.29, 0.717) is 0 Å². The molecule has 1 aromatic heterocycles. The summed E-state index contributed by atoms with van der Waals surface area (Å²) in [6, 6.07) is 21.9. The molecule has 0 saturated heterocycles. The maximum absolute atomic E-state index is 3.89. The third-order valence-corrected chi connectivity index (χ3v) is 8.64. The first-order valence-corrected chi connectivity index (χ1v) is 16.0. The second-order valence-corrected chi connectivity index (χ2v) is 11.6. The lowest BCUT2D eigenvalue weighted by atomic mass is 9.89. The zero-order chi connectivity index (χ0) is 26.4. The smallest absolute Gasteiger partial charge is 0.105 e. The number of benzene rings is 3. The molecule has 202 valence electrons. The van der Waals surface area contributed by atoms with Gasteiger partial charge in [0.2, 0.25) is 0 Å². The van der Waals surface area contributed by atoms with E-state index in [0.717, 1.165) is 16.6 Å². The van der Waals surface area contributed by atoms with Gasteiger partial charge in [-0.25, -0.2) is 0 Å². The van der Waals surface area contributed by atoms with Crippen molar-refractivity contribution in [2.75, 3.05) is 0 Å². The van der Waals surface area contributed by atoms with Gasteiger partial charge in [-0.15, -0.1) is 5.10 Å². The fourth-order valence-electron chi connectivity index (χ4n) is 5.77. The van der Waals surface area contributed by atoms with Gasteiger partial charge in [-0.1, -0.05) is 131 Å². The number of nitrogens with zero attached hydrogens (tertiary/aromatic N) is 2. The minimum atomic E-state index is 0.988. The number of aromatic nitrogens is 2. The third kappa shape index (κ3) is 7.99. The lowest BCUT2D eigenvalue weighted by Gasteiger charge is -2.15. The first kappa shape index (κ1) is 28.5. The fourth-order valence-corrected chi connectivity index (χ4v) is 6.33. The molecule has 38 heavy (non-hydrogen) atoms. The number of unbranched alkanes of at least 4 members (excludes halogenated alkanes) is 10. The summed E-state index contributed by atoms with van der Waals surface area (Å²) in [6.45, 7) is 4.61. The molecule has 0 saturated carbocycles. The summed E-state index contributed by atoms with van der Waals surface area (Å²) in [5, 5.41) is 3.89. The van der Waals surface area contributed by atoms with Gasteiger partial charge in [0.1, 0.15) is 5.52 Å². The highest BCUT2D eigenvalue weighted by molar-refractivity contribution is 7.12. The first-order valence-electron chi connectivity index (χ1n) is 15.2. The van der Waals surface area contributed by atoms with Crippen LogP contribution >= 0.6 is 11.5 Å². The molecule has 0 aliphatic heterocycles. The topological polar surface area (TPSA) is 25.8 Å². The Labute approximate surface area is 235 Å². The van der Waals surface area contributed by atoms with Crippen LogP contribution in [0.1, 0.15) is 113 Å². The van der Waals surface area contributed by atoms with Gasteiger partial charge < -0.3 is 0 Å². The highest BCUT2D eigenvalue weighted by atomic mass is 32.1. The SMILES string of the molecule is CCCCCCCCc1ccc2c(c1CCCCCCCC)Cc1ccccc1-2.c1ccc2snnc2c1. The summed E-state index contributed by atoms with van der Waals surface area (Å²) >= 11 is 1.43. The lowest BCUT2D eigenvalue weighted by Crippen LogP contribution is -2.01. The van der Waals surface area contributed by atoms with Gasteiger partial charge >= 0.3 is 0 Å². The first-order chi connectivity index (χ1) is 18.8. The van der Waals surface area contributed by atoms with Crippen LogP contribution in [0, 0.1) is 0 Å². The van der Waals surface area contributed by atoms with Crippen molar-refractivity contribution in [1.82, 2.24) is 9.59 Å². The Kier molecular flexibility index (Phi) is 11.8. The molecule has 4 aromatic rings. The van der Waals surface area contributed by atoms with Crippen LogP contribution in [0.4, 0.5) is 0 Å². The molecule has 1 aliphatic carbocycles. The van der Waals surface area contributed by atoms with E-state index in [9.17, 15) is 0 Å². The Morgan fingerprint density at radius 2 is 1.29 bits per heavy atom. The maximum Gasteiger partial charge on any atom is 0.105 e. The van der Waals surface area contributed by atoms with Crippen LogP contribution in [0.15, 0.2) is 60.7 Å². The Morgan fingerprint density at radius 3 is 2.05 bits per heavy atom. The average molecular weight is 527 g/mol. The van der Waals surface area contributed by atoms with Crippen LogP contribution in [-0.4, -0.2) is 9.59 Å². The molecule has 2 nitrogen and oxygen atoms in total. The molecule has 0 N–H and O–H groups in total. The molecule has 1 aliphatic rings. The van der Waals surface area contributed by atoms with Crippen LogP contribution in [0.3, 0.4) is 0 Å². The molecule has 5 rings (SSSR count). The van der Waals surface area contributed by atoms with Crippen molar-refractivity contribution in [2.45, 2.75) is 110 Å². The van der Waals surface area contributed by atoms with Gasteiger partial charge in [0, 0.05) is 0 Å². The van der Waals surface area contributed by atoms with Gasteiger partial charge in [-0.05, 0) is 89.2 Å². The largest absolute Gasteiger partial charge is 0.138 e. The number of rotatable bonds is 14. The van der Waals surface area contributed by atoms with E-state index in [-0.39, 0.29) is 0 Å². The van der Waals surface area contributed by atoms with Gasteiger partial charge in [0.15, 0.2) is 0 Å². The third-order valence-electron chi connectivity index (χ3n) is 7.94. The van der Waals surface area contributed by atoms with E-state index < -0.39 is 0 Å². The molecule has 0 radical (unpaired) electrons. The standard InChI is InChI=1S/C29H42.C6H4N2S/c1-3-5-7-9-11-13-17-24-21-22-28-27-20-16-15-18-25(27)23-29(28)26(24)19-14-12-10-8-6-4-2;1-2-4-6-5(3-1)7-8-9-6/h15-16,18,20-22H,3-14,17,19,23H2,1-2H3;1-4H. The minimum Gasteiger partial charge on any atom is -0.138 e.